The molecule has 0 saturated carbocycles. The minimum atomic E-state index is -2.80. The van der Waals surface area contributed by atoms with Crippen molar-refractivity contribution >= 4 is 36.9 Å². The second-order valence-corrected chi connectivity index (χ2v) is 8.42. The van der Waals surface area contributed by atoms with Crippen LogP contribution in [0.3, 0.4) is 0 Å². The van der Waals surface area contributed by atoms with E-state index in [1.807, 2.05) is 0 Å². The van der Waals surface area contributed by atoms with Crippen LogP contribution in [0.15, 0.2) is 0 Å². The van der Waals surface area contributed by atoms with E-state index in [1.54, 1.807) is 0 Å². The molecule has 0 spiro atoms. The van der Waals surface area contributed by atoms with Crippen LogP contribution < -0.4 is 0 Å². The van der Waals surface area contributed by atoms with Crippen LogP contribution in [0.2, 0.25) is 0 Å². The predicted octanol–water partition coefficient (Wildman–Crippen LogP) is 5.33. The molecular weight excluding hydrogens is 278 g/mol. The molecule has 0 aromatic heterocycles. The van der Waals surface area contributed by atoms with E-state index in [4.69, 9.17) is 0 Å². The molecule has 0 heterocycles. The van der Waals surface area contributed by atoms with Gasteiger partial charge in [-0.2, -0.15) is 0 Å². The van der Waals surface area contributed by atoms with Crippen molar-refractivity contribution in [3.8, 4) is 0 Å². The molecular formula is C16H36NaO2P. The third kappa shape index (κ3) is 17.2. The van der Waals surface area contributed by atoms with Gasteiger partial charge in [-0.3, -0.25) is 4.57 Å². The van der Waals surface area contributed by atoms with Gasteiger partial charge in [-0.1, -0.05) is 78.1 Å². The second-order valence-electron chi connectivity index (χ2n) is 5.83. The number of rotatable bonds is 14. The molecule has 0 aliphatic rings. The molecule has 1 N–H and O–H groups in total. The van der Waals surface area contributed by atoms with Crippen molar-refractivity contribution in [1.29, 1.82) is 0 Å². The van der Waals surface area contributed by atoms with E-state index in [0.717, 1.165) is 25.7 Å². The first-order valence-electron chi connectivity index (χ1n) is 8.43. The maximum atomic E-state index is 11.9. The van der Waals surface area contributed by atoms with Crippen LogP contribution in [0.25, 0.3) is 0 Å². The Kier molecular flexibility index (Phi) is 19.4. The van der Waals surface area contributed by atoms with Gasteiger partial charge in [-0.25, -0.2) is 0 Å². The van der Waals surface area contributed by atoms with Gasteiger partial charge in [0.1, 0.15) is 0 Å². The molecule has 0 amide bonds. The average molecular weight is 314 g/mol. The first-order valence-corrected chi connectivity index (χ1v) is 10.5. The van der Waals surface area contributed by atoms with E-state index >= 15 is 0 Å². The molecule has 20 heavy (non-hydrogen) atoms. The van der Waals surface area contributed by atoms with Gasteiger partial charge in [0, 0.05) is 12.3 Å². The molecule has 118 valence electrons. The van der Waals surface area contributed by atoms with Gasteiger partial charge in [-0.05, 0) is 12.8 Å². The number of unbranched alkanes of at least 4 members (excludes halogenated alkanes) is 10. The van der Waals surface area contributed by atoms with Crippen molar-refractivity contribution in [2.75, 3.05) is 12.3 Å². The van der Waals surface area contributed by atoms with Crippen molar-refractivity contribution in [2.24, 2.45) is 0 Å². The maximum absolute atomic E-state index is 11.9. The number of hydrogen-bond acceptors (Lipinski definition) is 1. The molecule has 0 fully saturated rings. The van der Waals surface area contributed by atoms with Crippen LogP contribution in [-0.4, -0.2) is 46.8 Å². The zero-order valence-electron chi connectivity index (χ0n) is 13.2. The summed E-state index contributed by atoms with van der Waals surface area (Å²) in [4.78, 5) is 9.88. The van der Waals surface area contributed by atoms with Crippen LogP contribution in [0.1, 0.15) is 90.9 Å². The summed E-state index contributed by atoms with van der Waals surface area (Å²) in [6.45, 7) is 4.42. The summed E-state index contributed by atoms with van der Waals surface area (Å²) in [6.07, 6.45) is 15.4. The van der Waals surface area contributed by atoms with E-state index < -0.39 is 7.37 Å². The summed E-state index contributed by atoms with van der Waals surface area (Å²) >= 11 is 0. The fraction of sp³-hybridized carbons (Fsp3) is 1.00. The Morgan fingerprint density at radius 2 is 0.950 bits per heavy atom. The molecule has 2 nitrogen and oxygen atoms in total. The average Bonchev–Trinajstić information content (AvgIpc) is 2.38. The SMILES string of the molecule is CCCCCCCCP(=O)(O)CCCCCCCC.[NaH]. The van der Waals surface area contributed by atoms with Crippen LogP contribution in [0.4, 0.5) is 0 Å². The summed E-state index contributed by atoms with van der Waals surface area (Å²) < 4.78 is 11.9. The normalized spacial score (nSPS) is 11.3. The molecule has 0 saturated heterocycles. The Balaban J connectivity index is 0. The zero-order valence-corrected chi connectivity index (χ0v) is 14.1. The van der Waals surface area contributed by atoms with Gasteiger partial charge in [0.2, 0.25) is 7.37 Å². The standard InChI is InChI=1S/C16H35O2P.Na.H/c1-3-5-7-9-11-13-15-19(17,18)16-14-12-10-8-6-4-2;;/h3-16H2,1-2H3,(H,17,18);;. The van der Waals surface area contributed by atoms with E-state index in [9.17, 15) is 9.46 Å². The van der Waals surface area contributed by atoms with E-state index in [0.29, 0.717) is 12.3 Å². The topological polar surface area (TPSA) is 37.3 Å². The summed E-state index contributed by atoms with van der Waals surface area (Å²) in [5.41, 5.74) is 0. The summed E-state index contributed by atoms with van der Waals surface area (Å²) in [7, 11) is -2.80. The van der Waals surface area contributed by atoms with Crippen molar-refractivity contribution in [3.63, 3.8) is 0 Å². The molecule has 0 aliphatic heterocycles. The Morgan fingerprint density at radius 3 is 1.30 bits per heavy atom. The fourth-order valence-corrected chi connectivity index (χ4v) is 4.05. The Bertz CT molecular complexity index is 215. The molecule has 0 rings (SSSR count). The first-order chi connectivity index (χ1) is 9.12. The van der Waals surface area contributed by atoms with Crippen LogP contribution in [0, 0.1) is 0 Å². The van der Waals surface area contributed by atoms with Crippen molar-refractivity contribution in [1.82, 2.24) is 0 Å². The molecule has 0 aromatic rings. The molecule has 0 bridgehead atoms. The quantitative estimate of drug-likeness (QED) is 0.267. The Labute approximate surface area is 149 Å². The van der Waals surface area contributed by atoms with Gasteiger partial charge >= 0.3 is 29.6 Å². The van der Waals surface area contributed by atoms with Crippen molar-refractivity contribution in [2.45, 2.75) is 90.9 Å². The first kappa shape index (κ1) is 23.5. The van der Waals surface area contributed by atoms with E-state index in [-0.39, 0.29) is 29.6 Å². The van der Waals surface area contributed by atoms with Crippen LogP contribution in [0.5, 0.6) is 0 Å². The third-order valence-electron chi connectivity index (χ3n) is 3.72. The predicted molar refractivity (Wildman–Crippen MR) is 93.5 cm³/mol. The van der Waals surface area contributed by atoms with Crippen LogP contribution in [-0.2, 0) is 4.57 Å². The molecule has 0 atom stereocenters. The van der Waals surface area contributed by atoms with E-state index in [2.05, 4.69) is 13.8 Å². The Hall–Kier alpha value is 1.19. The third-order valence-corrected chi connectivity index (χ3v) is 5.75. The second kappa shape index (κ2) is 16.6. The minimum absolute atomic E-state index is 0. The summed E-state index contributed by atoms with van der Waals surface area (Å²) in [5.74, 6) is 0. The molecule has 0 unspecified atom stereocenters. The zero-order chi connectivity index (χ0) is 14.4. The van der Waals surface area contributed by atoms with Gasteiger partial charge in [-0.15, -0.1) is 0 Å². The van der Waals surface area contributed by atoms with Gasteiger partial charge in [0.25, 0.3) is 0 Å². The van der Waals surface area contributed by atoms with Gasteiger partial charge < -0.3 is 4.89 Å². The molecule has 0 radical (unpaired) electrons. The molecule has 4 heteroatoms. The summed E-state index contributed by atoms with van der Waals surface area (Å²) in [5, 5.41) is 0. The van der Waals surface area contributed by atoms with Gasteiger partial charge in [0.05, 0.1) is 0 Å². The van der Waals surface area contributed by atoms with E-state index in [1.165, 1.54) is 51.4 Å². The molecule has 0 aromatic carbocycles. The van der Waals surface area contributed by atoms with Gasteiger partial charge in [0.15, 0.2) is 0 Å². The van der Waals surface area contributed by atoms with Crippen molar-refractivity contribution < 1.29 is 9.46 Å². The monoisotopic (exact) mass is 314 g/mol. The van der Waals surface area contributed by atoms with Crippen LogP contribution >= 0.6 is 7.37 Å². The fourth-order valence-electron chi connectivity index (χ4n) is 2.39. The number of hydrogen-bond donors (Lipinski definition) is 1. The van der Waals surface area contributed by atoms with Crippen molar-refractivity contribution in [3.05, 3.63) is 0 Å². The molecule has 0 aliphatic carbocycles. The summed E-state index contributed by atoms with van der Waals surface area (Å²) in [6, 6.07) is 0. The Morgan fingerprint density at radius 1 is 0.650 bits per heavy atom.